The predicted octanol–water partition coefficient (Wildman–Crippen LogP) is 5.18. The first-order valence-electron chi connectivity index (χ1n) is 6.81. The van der Waals surface area contributed by atoms with Gasteiger partial charge in [0.1, 0.15) is 5.65 Å². The Hall–Kier alpha value is -1.26. The lowest BCUT2D eigenvalue weighted by atomic mass is 10.1. The molecule has 3 heterocycles. The van der Waals surface area contributed by atoms with E-state index in [1.807, 2.05) is 24.0 Å². The van der Waals surface area contributed by atoms with Crippen molar-refractivity contribution in [2.24, 2.45) is 5.92 Å². The van der Waals surface area contributed by atoms with Crippen LogP contribution in [0.15, 0.2) is 35.2 Å². The lowest BCUT2D eigenvalue weighted by Crippen LogP contribution is -1.92. The van der Waals surface area contributed by atoms with Crippen LogP contribution in [0.25, 0.3) is 22.2 Å². The second-order valence-electron chi connectivity index (χ2n) is 5.30. The van der Waals surface area contributed by atoms with Crippen LogP contribution in [0.3, 0.4) is 0 Å². The van der Waals surface area contributed by atoms with Crippen molar-refractivity contribution in [3.63, 3.8) is 0 Å². The summed E-state index contributed by atoms with van der Waals surface area (Å²) < 4.78 is 0. The molecule has 0 amide bonds. The lowest BCUT2D eigenvalue weighted by Gasteiger charge is -2.05. The van der Waals surface area contributed by atoms with Crippen molar-refractivity contribution in [2.75, 3.05) is 5.75 Å². The van der Waals surface area contributed by atoms with Gasteiger partial charge in [0.15, 0.2) is 0 Å². The molecule has 0 atom stereocenters. The number of thioether (sulfide) groups is 1. The minimum absolute atomic E-state index is 0.729. The summed E-state index contributed by atoms with van der Waals surface area (Å²) in [6, 6.07) is 6.36. The van der Waals surface area contributed by atoms with Crippen LogP contribution < -0.4 is 0 Å². The van der Waals surface area contributed by atoms with Gasteiger partial charge < -0.3 is 4.98 Å². The average Bonchev–Trinajstić information content (AvgIpc) is 3.04. The molecule has 3 aromatic rings. The molecule has 0 saturated carbocycles. The van der Waals surface area contributed by atoms with E-state index in [0.29, 0.717) is 0 Å². The Morgan fingerprint density at radius 3 is 3.00 bits per heavy atom. The summed E-state index contributed by atoms with van der Waals surface area (Å²) in [5.41, 5.74) is 4.91. The van der Waals surface area contributed by atoms with Gasteiger partial charge in [-0.3, -0.25) is 0 Å². The lowest BCUT2D eigenvalue weighted by molar-refractivity contribution is 0.750. The first-order valence-corrected chi connectivity index (χ1v) is 8.91. The smallest absolute Gasteiger partial charge is 0.138 e. The van der Waals surface area contributed by atoms with E-state index < -0.39 is 0 Å². The SMILES string of the molecule is CC(C)CSCc1[nH]c2ncccc2c1-c1ccsc1. The van der Waals surface area contributed by atoms with Crippen molar-refractivity contribution in [1.29, 1.82) is 0 Å². The predicted molar refractivity (Wildman–Crippen MR) is 90.4 cm³/mol. The minimum Gasteiger partial charge on any atom is -0.342 e. The van der Waals surface area contributed by atoms with E-state index in [0.717, 1.165) is 17.3 Å². The minimum atomic E-state index is 0.729. The number of hydrogen-bond donors (Lipinski definition) is 1. The molecule has 104 valence electrons. The van der Waals surface area contributed by atoms with E-state index in [9.17, 15) is 0 Å². The third kappa shape index (κ3) is 2.76. The highest BCUT2D eigenvalue weighted by Crippen LogP contribution is 2.34. The van der Waals surface area contributed by atoms with Crippen LogP contribution in [-0.4, -0.2) is 15.7 Å². The Kier molecular flexibility index (Phi) is 4.13. The second-order valence-corrected chi connectivity index (χ2v) is 7.11. The fourth-order valence-electron chi connectivity index (χ4n) is 2.32. The van der Waals surface area contributed by atoms with Crippen molar-refractivity contribution in [3.8, 4) is 11.1 Å². The van der Waals surface area contributed by atoms with Gasteiger partial charge in [0.05, 0.1) is 0 Å². The van der Waals surface area contributed by atoms with E-state index in [4.69, 9.17) is 0 Å². The molecule has 3 aromatic heterocycles. The summed E-state index contributed by atoms with van der Waals surface area (Å²) in [5, 5.41) is 5.58. The van der Waals surface area contributed by atoms with Gasteiger partial charge in [0.2, 0.25) is 0 Å². The van der Waals surface area contributed by atoms with Crippen LogP contribution in [0.1, 0.15) is 19.5 Å². The van der Waals surface area contributed by atoms with Crippen molar-refractivity contribution in [1.82, 2.24) is 9.97 Å². The van der Waals surface area contributed by atoms with E-state index in [2.05, 4.69) is 46.7 Å². The maximum Gasteiger partial charge on any atom is 0.138 e. The van der Waals surface area contributed by atoms with Gasteiger partial charge in [-0.15, -0.1) is 0 Å². The molecule has 4 heteroatoms. The van der Waals surface area contributed by atoms with E-state index in [-0.39, 0.29) is 0 Å². The maximum absolute atomic E-state index is 4.45. The monoisotopic (exact) mass is 302 g/mol. The van der Waals surface area contributed by atoms with E-state index in [1.54, 1.807) is 11.3 Å². The van der Waals surface area contributed by atoms with Crippen molar-refractivity contribution >= 4 is 34.1 Å². The summed E-state index contributed by atoms with van der Waals surface area (Å²) in [4.78, 5) is 7.95. The fraction of sp³-hybridized carbons (Fsp3) is 0.312. The normalized spacial score (nSPS) is 11.6. The molecule has 1 N–H and O–H groups in total. The van der Waals surface area contributed by atoms with Gasteiger partial charge in [-0.25, -0.2) is 4.98 Å². The molecule has 3 rings (SSSR count). The average molecular weight is 302 g/mol. The molecular formula is C16H18N2S2. The molecule has 0 radical (unpaired) electrons. The highest BCUT2D eigenvalue weighted by atomic mass is 32.2. The van der Waals surface area contributed by atoms with Crippen LogP contribution in [0.4, 0.5) is 0 Å². The zero-order valence-electron chi connectivity index (χ0n) is 11.7. The van der Waals surface area contributed by atoms with E-state index >= 15 is 0 Å². The number of pyridine rings is 1. The number of aromatic amines is 1. The standard InChI is InChI=1S/C16H18N2S2/c1-11(2)8-20-10-14-15(12-5-7-19-9-12)13-4-3-6-17-16(13)18-14/h3-7,9,11H,8,10H2,1-2H3,(H,17,18). The third-order valence-corrected chi connectivity index (χ3v) is 5.23. The Morgan fingerprint density at radius 1 is 1.35 bits per heavy atom. The highest BCUT2D eigenvalue weighted by Gasteiger charge is 2.14. The van der Waals surface area contributed by atoms with Crippen molar-refractivity contribution < 1.29 is 0 Å². The summed E-state index contributed by atoms with van der Waals surface area (Å²) in [6.07, 6.45) is 1.85. The molecule has 0 fully saturated rings. The number of aromatic nitrogens is 2. The summed E-state index contributed by atoms with van der Waals surface area (Å²) in [5.74, 6) is 2.93. The molecule has 0 aliphatic rings. The number of fused-ring (bicyclic) bond motifs is 1. The van der Waals surface area contributed by atoms with Crippen LogP contribution in [-0.2, 0) is 5.75 Å². The molecule has 2 nitrogen and oxygen atoms in total. The Bertz CT molecular complexity index is 684. The molecule has 0 spiro atoms. The molecular weight excluding hydrogens is 284 g/mol. The maximum atomic E-state index is 4.45. The molecule has 0 saturated heterocycles. The van der Waals surface area contributed by atoms with Gasteiger partial charge in [-0.05, 0) is 46.2 Å². The molecule has 0 aliphatic carbocycles. The van der Waals surface area contributed by atoms with Crippen LogP contribution in [0.2, 0.25) is 0 Å². The molecule has 0 aromatic carbocycles. The quantitative estimate of drug-likeness (QED) is 0.703. The Labute approximate surface area is 127 Å². The Morgan fingerprint density at radius 2 is 2.25 bits per heavy atom. The number of thiophene rings is 1. The fourth-order valence-corrected chi connectivity index (χ4v) is 3.97. The number of nitrogens with zero attached hydrogens (tertiary/aromatic N) is 1. The van der Waals surface area contributed by atoms with Crippen LogP contribution in [0.5, 0.6) is 0 Å². The van der Waals surface area contributed by atoms with Crippen molar-refractivity contribution in [3.05, 3.63) is 40.8 Å². The number of H-pyrrole nitrogens is 1. The van der Waals surface area contributed by atoms with E-state index in [1.165, 1.54) is 28.0 Å². The van der Waals surface area contributed by atoms with Crippen molar-refractivity contribution in [2.45, 2.75) is 19.6 Å². The second kappa shape index (κ2) is 6.02. The largest absolute Gasteiger partial charge is 0.342 e. The number of nitrogens with one attached hydrogen (secondary N) is 1. The molecule has 0 unspecified atom stereocenters. The number of rotatable bonds is 5. The van der Waals surface area contributed by atoms with Crippen LogP contribution in [0, 0.1) is 5.92 Å². The van der Waals surface area contributed by atoms with Gasteiger partial charge in [-0.2, -0.15) is 23.1 Å². The number of hydrogen-bond acceptors (Lipinski definition) is 3. The first kappa shape index (κ1) is 13.7. The molecule has 20 heavy (non-hydrogen) atoms. The summed E-state index contributed by atoms with van der Waals surface area (Å²) in [6.45, 7) is 4.53. The van der Waals surface area contributed by atoms with Gasteiger partial charge in [-0.1, -0.05) is 13.8 Å². The zero-order chi connectivity index (χ0) is 13.9. The topological polar surface area (TPSA) is 28.7 Å². The highest BCUT2D eigenvalue weighted by molar-refractivity contribution is 7.98. The van der Waals surface area contributed by atoms with Gasteiger partial charge in [0.25, 0.3) is 0 Å². The molecule has 0 bridgehead atoms. The van der Waals surface area contributed by atoms with Gasteiger partial charge in [0, 0.05) is 28.6 Å². The summed E-state index contributed by atoms with van der Waals surface area (Å²) >= 11 is 3.73. The third-order valence-electron chi connectivity index (χ3n) is 3.16. The Balaban J connectivity index is 2.00. The summed E-state index contributed by atoms with van der Waals surface area (Å²) in [7, 11) is 0. The molecule has 0 aliphatic heterocycles. The first-order chi connectivity index (χ1) is 9.75. The van der Waals surface area contributed by atoms with Crippen LogP contribution >= 0.6 is 23.1 Å². The van der Waals surface area contributed by atoms with Gasteiger partial charge >= 0.3 is 0 Å². The zero-order valence-corrected chi connectivity index (χ0v) is 13.4.